The van der Waals surface area contributed by atoms with E-state index in [4.69, 9.17) is 9.52 Å². The molecule has 20 heavy (non-hydrogen) atoms. The van der Waals surface area contributed by atoms with E-state index in [1.165, 1.54) is 18.4 Å². The van der Waals surface area contributed by atoms with E-state index in [1.807, 2.05) is 6.26 Å². The minimum Gasteiger partial charge on any atom is -0.481 e. The first-order chi connectivity index (χ1) is 9.74. The fraction of sp³-hybridized carbons (Fsp3) is 0.667. The number of aliphatic carboxylic acids is 1. The van der Waals surface area contributed by atoms with Crippen molar-refractivity contribution < 1.29 is 14.3 Å². The molecule has 0 radical (unpaired) electrons. The second kappa shape index (κ2) is 5.97. The van der Waals surface area contributed by atoms with Crippen LogP contribution in [0.15, 0.2) is 16.7 Å². The Balaban J connectivity index is 1.55. The summed E-state index contributed by atoms with van der Waals surface area (Å²) < 4.78 is 5.56. The second-order valence-corrected chi connectivity index (χ2v) is 5.73. The molecule has 0 spiro atoms. The zero-order valence-electron chi connectivity index (χ0n) is 11.8. The third-order valence-electron chi connectivity index (χ3n) is 4.51. The average Bonchev–Trinajstić information content (AvgIpc) is 2.94. The minimum atomic E-state index is -0.706. The van der Waals surface area contributed by atoms with E-state index in [0.717, 1.165) is 38.4 Å². The second-order valence-electron chi connectivity index (χ2n) is 5.73. The molecule has 110 valence electrons. The van der Waals surface area contributed by atoms with Crippen molar-refractivity contribution in [2.45, 2.75) is 31.7 Å². The summed E-state index contributed by atoms with van der Waals surface area (Å²) in [7, 11) is 0. The molecule has 0 amide bonds. The largest absolute Gasteiger partial charge is 0.481 e. The van der Waals surface area contributed by atoms with Crippen molar-refractivity contribution >= 4 is 5.97 Å². The normalized spacial score (nSPS) is 24.5. The molecular formula is C15H22N2O3. The average molecular weight is 278 g/mol. The highest BCUT2D eigenvalue weighted by atomic mass is 16.4. The Morgan fingerprint density at radius 3 is 2.90 bits per heavy atom. The van der Waals surface area contributed by atoms with Crippen molar-refractivity contribution in [2.75, 3.05) is 32.7 Å². The van der Waals surface area contributed by atoms with Gasteiger partial charge in [0, 0.05) is 50.7 Å². The van der Waals surface area contributed by atoms with Gasteiger partial charge in [-0.3, -0.25) is 9.69 Å². The number of rotatable bonds is 4. The van der Waals surface area contributed by atoms with E-state index >= 15 is 0 Å². The van der Waals surface area contributed by atoms with Crippen molar-refractivity contribution in [3.63, 3.8) is 0 Å². The predicted octanol–water partition coefficient (Wildman–Crippen LogP) is 1.75. The molecule has 0 bridgehead atoms. The van der Waals surface area contributed by atoms with Gasteiger partial charge in [0.2, 0.25) is 0 Å². The van der Waals surface area contributed by atoms with E-state index in [0.29, 0.717) is 12.6 Å². The molecule has 0 aromatic carbocycles. The summed E-state index contributed by atoms with van der Waals surface area (Å²) in [4.78, 5) is 15.4. The Bertz CT molecular complexity index is 463. The Hall–Kier alpha value is -1.33. The van der Waals surface area contributed by atoms with Gasteiger partial charge in [-0.25, -0.2) is 0 Å². The molecule has 1 unspecified atom stereocenters. The van der Waals surface area contributed by atoms with E-state index in [2.05, 4.69) is 15.9 Å². The molecule has 1 saturated heterocycles. The zero-order valence-corrected chi connectivity index (χ0v) is 11.8. The molecule has 1 N–H and O–H groups in total. The van der Waals surface area contributed by atoms with Gasteiger partial charge in [0.1, 0.15) is 5.76 Å². The molecular weight excluding hydrogens is 256 g/mol. The summed E-state index contributed by atoms with van der Waals surface area (Å²) in [6, 6.07) is 2.62. The monoisotopic (exact) mass is 278 g/mol. The predicted molar refractivity (Wildman–Crippen MR) is 74.7 cm³/mol. The zero-order chi connectivity index (χ0) is 13.9. The van der Waals surface area contributed by atoms with Gasteiger partial charge >= 0.3 is 5.97 Å². The molecule has 1 aromatic heterocycles. The van der Waals surface area contributed by atoms with Gasteiger partial charge in [0.05, 0.1) is 12.7 Å². The highest BCUT2D eigenvalue weighted by Crippen LogP contribution is 2.35. The molecule has 5 heteroatoms. The number of carbonyl (C=O) groups is 1. The number of carboxylic acid groups (broad SMARTS) is 1. The number of furan rings is 1. The van der Waals surface area contributed by atoms with Crippen LogP contribution in [0.4, 0.5) is 0 Å². The fourth-order valence-corrected chi connectivity index (χ4v) is 3.39. The Labute approximate surface area is 119 Å². The maximum absolute atomic E-state index is 10.6. The number of hydrogen-bond acceptors (Lipinski definition) is 4. The number of aryl methyl sites for hydroxylation is 1. The van der Waals surface area contributed by atoms with Crippen molar-refractivity contribution in [2.24, 2.45) is 0 Å². The fourth-order valence-electron chi connectivity index (χ4n) is 3.39. The van der Waals surface area contributed by atoms with Gasteiger partial charge in [-0.15, -0.1) is 0 Å². The van der Waals surface area contributed by atoms with Crippen LogP contribution >= 0.6 is 0 Å². The van der Waals surface area contributed by atoms with Crippen LogP contribution < -0.4 is 0 Å². The van der Waals surface area contributed by atoms with Crippen molar-refractivity contribution in [1.29, 1.82) is 0 Å². The number of carboxylic acids is 1. The number of piperazine rings is 1. The molecule has 5 nitrogen and oxygen atoms in total. The molecule has 1 atom stereocenters. The topological polar surface area (TPSA) is 56.9 Å². The number of nitrogens with zero attached hydrogens (tertiary/aromatic N) is 2. The highest BCUT2D eigenvalue weighted by molar-refractivity contribution is 5.66. The van der Waals surface area contributed by atoms with Crippen LogP contribution in [0.25, 0.3) is 0 Å². The van der Waals surface area contributed by atoms with Gasteiger partial charge in [-0.05, 0) is 18.9 Å². The lowest BCUT2D eigenvalue weighted by atomic mass is 9.92. The first-order valence-corrected chi connectivity index (χ1v) is 7.48. The van der Waals surface area contributed by atoms with Crippen LogP contribution in [0.5, 0.6) is 0 Å². The smallest absolute Gasteiger partial charge is 0.304 e. The first-order valence-electron chi connectivity index (χ1n) is 7.48. The summed E-state index contributed by atoms with van der Waals surface area (Å²) in [6.07, 6.45) is 5.53. The molecule has 3 rings (SSSR count). The van der Waals surface area contributed by atoms with Gasteiger partial charge in [0.15, 0.2) is 0 Å². The Morgan fingerprint density at radius 1 is 1.35 bits per heavy atom. The molecule has 1 fully saturated rings. The summed E-state index contributed by atoms with van der Waals surface area (Å²) in [5.41, 5.74) is 1.37. The third-order valence-corrected chi connectivity index (χ3v) is 4.51. The van der Waals surface area contributed by atoms with Crippen molar-refractivity contribution in [3.05, 3.63) is 23.7 Å². The van der Waals surface area contributed by atoms with Crippen LogP contribution in [0.1, 0.15) is 36.6 Å². The molecule has 0 saturated carbocycles. The minimum absolute atomic E-state index is 0.245. The standard InChI is InChI=1S/C15H22N2O3/c18-15(19)4-6-16-7-9-17(10-8-16)13-2-1-3-14-12(13)5-11-20-14/h5,11,13H,1-4,6-10H2,(H,18,19). The maximum Gasteiger partial charge on any atom is 0.304 e. The van der Waals surface area contributed by atoms with Crippen LogP contribution in [-0.2, 0) is 11.2 Å². The van der Waals surface area contributed by atoms with E-state index in [9.17, 15) is 4.79 Å². The Kier molecular flexibility index (Phi) is 4.08. The molecule has 2 heterocycles. The van der Waals surface area contributed by atoms with Gasteiger partial charge in [-0.2, -0.15) is 0 Å². The van der Waals surface area contributed by atoms with E-state index < -0.39 is 5.97 Å². The summed E-state index contributed by atoms with van der Waals surface area (Å²) in [5, 5.41) is 8.74. The van der Waals surface area contributed by atoms with E-state index in [-0.39, 0.29) is 6.42 Å². The lowest BCUT2D eigenvalue weighted by Crippen LogP contribution is -2.48. The maximum atomic E-state index is 10.6. The van der Waals surface area contributed by atoms with Crippen LogP contribution in [-0.4, -0.2) is 53.6 Å². The van der Waals surface area contributed by atoms with Crippen LogP contribution in [0.3, 0.4) is 0 Å². The SMILES string of the molecule is O=C(O)CCN1CCN(C2CCCc3occc32)CC1. The van der Waals surface area contributed by atoms with E-state index in [1.54, 1.807) is 0 Å². The number of fused-ring (bicyclic) bond motifs is 1. The number of hydrogen-bond donors (Lipinski definition) is 1. The molecule has 1 aliphatic heterocycles. The summed E-state index contributed by atoms with van der Waals surface area (Å²) >= 11 is 0. The van der Waals surface area contributed by atoms with Gasteiger partial charge in [-0.1, -0.05) is 0 Å². The van der Waals surface area contributed by atoms with Crippen LogP contribution in [0, 0.1) is 0 Å². The van der Waals surface area contributed by atoms with Gasteiger partial charge < -0.3 is 14.4 Å². The summed E-state index contributed by atoms with van der Waals surface area (Å²) in [6.45, 7) is 4.66. The van der Waals surface area contributed by atoms with Crippen molar-refractivity contribution in [3.8, 4) is 0 Å². The summed E-state index contributed by atoms with van der Waals surface area (Å²) in [5.74, 6) is 0.456. The highest BCUT2D eigenvalue weighted by Gasteiger charge is 2.30. The lowest BCUT2D eigenvalue weighted by molar-refractivity contribution is -0.137. The van der Waals surface area contributed by atoms with Crippen molar-refractivity contribution in [1.82, 2.24) is 9.80 Å². The van der Waals surface area contributed by atoms with Crippen LogP contribution in [0.2, 0.25) is 0 Å². The molecule has 1 aromatic rings. The quantitative estimate of drug-likeness (QED) is 0.909. The Morgan fingerprint density at radius 2 is 2.15 bits per heavy atom. The molecule has 1 aliphatic carbocycles. The first kappa shape index (κ1) is 13.6. The third kappa shape index (κ3) is 2.88. The van der Waals surface area contributed by atoms with Gasteiger partial charge in [0.25, 0.3) is 0 Å². The lowest BCUT2D eigenvalue weighted by Gasteiger charge is -2.40. The molecule has 2 aliphatic rings.